The summed E-state index contributed by atoms with van der Waals surface area (Å²) in [6.07, 6.45) is 1.28. The smallest absolute Gasteiger partial charge is 0.274 e. The number of amides is 1. The van der Waals surface area contributed by atoms with Crippen LogP contribution in [0.4, 0.5) is 0 Å². The Morgan fingerprint density at radius 2 is 2.08 bits per heavy atom. The Kier molecular flexibility index (Phi) is 4.81. The molecule has 0 aliphatic rings. The fourth-order valence-corrected chi connectivity index (χ4v) is 2.96. The zero-order valence-electron chi connectivity index (χ0n) is 13.2. The average Bonchev–Trinajstić information content (AvgIpc) is 3.29. The van der Waals surface area contributed by atoms with E-state index in [1.165, 1.54) is 17.7 Å². The van der Waals surface area contributed by atoms with Crippen LogP contribution in [0.2, 0.25) is 0 Å². The van der Waals surface area contributed by atoms with Crippen LogP contribution in [0.3, 0.4) is 0 Å². The monoisotopic (exact) mass is 344 g/mol. The molecule has 1 aromatic carbocycles. The van der Waals surface area contributed by atoms with Crippen LogP contribution in [0.15, 0.2) is 46.5 Å². The Labute approximate surface area is 143 Å². The van der Waals surface area contributed by atoms with E-state index in [2.05, 4.69) is 10.3 Å². The SMILES string of the molecule is COc1ccc(CNC(=O)c2ncoc2-c2cccs2)cc1OC. The van der Waals surface area contributed by atoms with Gasteiger partial charge in [-0.3, -0.25) is 4.79 Å². The maximum Gasteiger partial charge on any atom is 0.274 e. The van der Waals surface area contributed by atoms with E-state index in [0.717, 1.165) is 10.4 Å². The number of nitrogens with one attached hydrogen (secondary N) is 1. The maximum absolute atomic E-state index is 12.4. The minimum atomic E-state index is -0.290. The number of rotatable bonds is 6. The number of aromatic nitrogens is 1. The highest BCUT2D eigenvalue weighted by Crippen LogP contribution is 2.28. The summed E-state index contributed by atoms with van der Waals surface area (Å²) in [7, 11) is 3.15. The molecule has 0 unspecified atom stereocenters. The molecule has 124 valence electrons. The molecule has 0 spiro atoms. The second-order valence-electron chi connectivity index (χ2n) is 4.88. The van der Waals surface area contributed by atoms with Gasteiger partial charge in [-0.2, -0.15) is 0 Å². The van der Waals surface area contributed by atoms with Gasteiger partial charge in [-0.1, -0.05) is 12.1 Å². The molecular formula is C17H16N2O4S. The average molecular weight is 344 g/mol. The lowest BCUT2D eigenvalue weighted by atomic mass is 10.2. The third kappa shape index (κ3) is 3.26. The van der Waals surface area contributed by atoms with Gasteiger partial charge in [0.25, 0.3) is 5.91 Å². The van der Waals surface area contributed by atoms with Crippen LogP contribution in [0.5, 0.6) is 11.5 Å². The number of carbonyl (C=O) groups excluding carboxylic acids is 1. The van der Waals surface area contributed by atoms with E-state index in [4.69, 9.17) is 13.9 Å². The molecule has 2 heterocycles. The molecule has 24 heavy (non-hydrogen) atoms. The second-order valence-corrected chi connectivity index (χ2v) is 5.83. The molecule has 2 aromatic heterocycles. The number of benzene rings is 1. The Morgan fingerprint density at radius 1 is 1.25 bits per heavy atom. The van der Waals surface area contributed by atoms with Crippen LogP contribution in [-0.4, -0.2) is 25.1 Å². The molecule has 0 fully saturated rings. The standard InChI is InChI=1S/C17H16N2O4S/c1-21-12-6-5-11(8-13(12)22-2)9-18-17(20)15-16(23-10-19-15)14-4-3-7-24-14/h3-8,10H,9H2,1-2H3,(H,18,20). The van der Waals surface area contributed by atoms with E-state index in [0.29, 0.717) is 23.8 Å². The Balaban J connectivity index is 1.72. The van der Waals surface area contributed by atoms with Crippen molar-refractivity contribution in [3.8, 4) is 22.1 Å². The van der Waals surface area contributed by atoms with Crippen molar-refractivity contribution in [2.45, 2.75) is 6.54 Å². The van der Waals surface area contributed by atoms with E-state index in [9.17, 15) is 4.79 Å². The highest BCUT2D eigenvalue weighted by atomic mass is 32.1. The van der Waals surface area contributed by atoms with Gasteiger partial charge in [0.2, 0.25) is 0 Å². The van der Waals surface area contributed by atoms with E-state index in [1.807, 2.05) is 29.6 Å². The van der Waals surface area contributed by atoms with Gasteiger partial charge in [0, 0.05) is 6.54 Å². The molecule has 0 atom stereocenters. The lowest BCUT2D eigenvalue weighted by Gasteiger charge is -2.10. The predicted molar refractivity (Wildman–Crippen MR) is 90.5 cm³/mol. The van der Waals surface area contributed by atoms with Gasteiger partial charge in [0.05, 0.1) is 19.1 Å². The van der Waals surface area contributed by atoms with Crippen molar-refractivity contribution in [1.82, 2.24) is 10.3 Å². The van der Waals surface area contributed by atoms with Crippen molar-refractivity contribution in [3.63, 3.8) is 0 Å². The van der Waals surface area contributed by atoms with Crippen LogP contribution >= 0.6 is 11.3 Å². The summed E-state index contributed by atoms with van der Waals surface area (Å²) in [6, 6.07) is 9.27. The van der Waals surface area contributed by atoms with Gasteiger partial charge in [0.15, 0.2) is 29.3 Å². The molecule has 1 N–H and O–H groups in total. The highest BCUT2D eigenvalue weighted by molar-refractivity contribution is 7.13. The number of hydrogen-bond acceptors (Lipinski definition) is 6. The third-order valence-corrected chi connectivity index (χ3v) is 4.30. The fraction of sp³-hybridized carbons (Fsp3) is 0.176. The lowest BCUT2D eigenvalue weighted by molar-refractivity contribution is 0.0946. The van der Waals surface area contributed by atoms with Crippen LogP contribution in [-0.2, 0) is 6.54 Å². The summed E-state index contributed by atoms with van der Waals surface area (Å²) >= 11 is 1.49. The van der Waals surface area contributed by atoms with E-state index < -0.39 is 0 Å². The molecule has 0 radical (unpaired) electrons. The first-order chi connectivity index (χ1) is 11.7. The van der Waals surface area contributed by atoms with Crippen LogP contribution in [0.25, 0.3) is 10.6 Å². The Morgan fingerprint density at radius 3 is 2.79 bits per heavy atom. The molecule has 3 rings (SSSR count). The summed E-state index contributed by atoms with van der Waals surface area (Å²) in [6.45, 7) is 0.343. The molecule has 3 aromatic rings. The lowest BCUT2D eigenvalue weighted by Crippen LogP contribution is -2.23. The number of thiophene rings is 1. The summed E-state index contributed by atoms with van der Waals surface area (Å²) < 4.78 is 15.8. The van der Waals surface area contributed by atoms with Crippen molar-refractivity contribution in [2.75, 3.05) is 14.2 Å². The molecule has 0 aliphatic heterocycles. The molecule has 1 amide bonds. The first-order valence-electron chi connectivity index (χ1n) is 7.19. The number of hydrogen-bond donors (Lipinski definition) is 1. The quantitative estimate of drug-likeness (QED) is 0.742. The molecule has 0 aliphatic carbocycles. The van der Waals surface area contributed by atoms with E-state index >= 15 is 0 Å². The summed E-state index contributed by atoms with van der Waals surface area (Å²) in [5, 5.41) is 4.76. The van der Waals surface area contributed by atoms with Crippen molar-refractivity contribution < 1.29 is 18.7 Å². The van der Waals surface area contributed by atoms with Crippen molar-refractivity contribution >= 4 is 17.2 Å². The maximum atomic E-state index is 12.4. The summed E-state index contributed by atoms with van der Waals surface area (Å²) in [5.41, 5.74) is 1.17. The molecular weight excluding hydrogens is 328 g/mol. The first kappa shape index (κ1) is 16.1. The Bertz CT molecular complexity index is 827. The molecule has 0 saturated carbocycles. The van der Waals surface area contributed by atoms with Gasteiger partial charge in [-0.25, -0.2) is 4.98 Å². The molecule has 0 saturated heterocycles. The number of ether oxygens (including phenoxy) is 2. The number of nitrogens with zero attached hydrogens (tertiary/aromatic N) is 1. The van der Waals surface area contributed by atoms with Crippen LogP contribution in [0, 0.1) is 0 Å². The Hall–Kier alpha value is -2.80. The predicted octanol–water partition coefficient (Wildman–Crippen LogP) is 3.35. The highest BCUT2D eigenvalue weighted by Gasteiger charge is 2.18. The van der Waals surface area contributed by atoms with Gasteiger partial charge in [0.1, 0.15) is 0 Å². The second kappa shape index (κ2) is 7.18. The number of carbonyl (C=O) groups is 1. The minimum Gasteiger partial charge on any atom is -0.493 e. The van der Waals surface area contributed by atoms with Gasteiger partial charge >= 0.3 is 0 Å². The van der Waals surface area contributed by atoms with Crippen molar-refractivity contribution in [1.29, 1.82) is 0 Å². The van der Waals surface area contributed by atoms with Gasteiger partial charge in [-0.05, 0) is 29.1 Å². The summed E-state index contributed by atoms with van der Waals surface area (Å²) in [4.78, 5) is 17.3. The first-order valence-corrected chi connectivity index (χ1v) is 8.07. The van der Waals surface area contributed by atoms with Gasteiger partial charge in [-0.15, -0.1) is 11.3 Å². The van der Waals surface area contributed by atoms with Gasteiger partial charge < -0.3 is 19.2 Å². The van der Waals surface area contributed by atoms with Crippen molar-refractivity contribution in [2.24, 2.45) is 0 Å². The molecule has 0 bridgehead atoms. The molecule has 6 nitrogen and oxygen atoms in total. The third-order valence-electron chi connectivity index (χ3n) is 3.43. The number of oxazole rings is 1. The zero-order valence-corrected chi connectivity index (χ0v) is 14.1. The molecule has 7 heteroatoms. The summed E-state index contributed by atoms with van der Waals surface area (Å²) in [5.74, 6) is 1.45. The normalized spacial score (nSPS) is 10.4. The van der Waals surface area contributed by atoms with E-state index in [-0.39, 0.29) is 11.6 Å². The van der Waals surface area contributed by atoms with Crippen LogP contribution < -0.4 is 14.8 Å². The zero-order chi connectivity index (χ0) is 16.9. The fourth-order valence-electron chi connectivity index (χ4n) is 2.25. The number of methoxy groups -OCH3 is 2. The van der Waals surface area contributed by atoms with Crippen LogP contribution in [0.1, 0.15) is 16.1 Å². The minimum absolute atomic E-state index is 0.276. The largest absolute Gasteiger partial charge is 0.493 e. The topological polar surface area (TPSA) is 73.6 Å². The van der Waals surface area contributed by atoms with E-state index in [1.54, 1.807) is 20.3 Å². The van der Waals surface area contributed by atoms with Crippen molar-refractivity contribution in [3.05, 3.63) is 53.4 Å².